The van der Waals surface area contributed by atoms with Crippen molar-refractivity contribution >= 4 is 11.6 Å². The third-order valence-electron chi connectivity index (χ3n) is 5.22. The number of nitrogens with zero attached hydrogens (tertiary/aromatic N) is 1. The zero-order valence-corrected chi connectivity index (χ0v) is 18.6. The van der Waals surface area contributed by atoms with Crippen LogP contribution in [-0.2, 0) is 24.1 Å². The first-order valence-corrected chi connectivity index (χ1v) is 10.5. The molecule has 5 nitrogen and oxygen atoms in total. The highest BCUT2D eigenvalue weighted by molar-refractivity contribution is 6.05. The second-order valence-electron chi connectivity index (χ2n) is 7.65. The summed E-state index contributed by atoms with van der Waals surface area (Å²) in [6.45, 7) is 13.3. The van der Waals surface area contributed by atoms with Crippen LogP contribution in [0.5, 0.6) is 0 Å². The van der Waals surface area contributed by atoms with Crippen LogP contribution in [0.15, 0.2) is 29.1 Å². The Morgan fingerprint density at radius 2 is 1.76 bits per heavy atom. The van der Waals surface area contributed by atoms with Gasteiger partial charge in [0.1, 0.15) is 5.56 Å². The minimum Gasteiger partial charge on any atom is -0.379 e. The average Bonchev–Trinajstić information content (AvgIpc) is 2.66. The van der Waals surface area contributed by atoms with Gasteiger partial charge in [0.15, 0.2) is 5.43 Å². The van der Waals surface area contributed by atoms with Crippen LogP contribution in [0, 0.1) is 13.8 Å². The van der Waals surface area contributed by atoms with E-state index in [1.165, 1.54) is 0 Å². The molecule has 0 atom stereocenters. The van der Waals surface area contributed by atoms with Gasteiger partial charge in [0.25, 0.3) is 5.91 Å². The lowest BCUT2D eigenvalue weighted by molar-refractivity contribution is 0.0747. The minimum absolute atomic E-state index is 0.193. The molecule has 158 valence electrons. The molecule has 2 aromatic rings. The van der Waals surface area contributed by atoms with E-state index in [2.05, 4.69) is 19.2 Å². The second kappa shape index (κ2) is 10.4. The summed E-state index contributed by atoms with van der Waals surface area (Å²) in [5.74, 6) is -0.338. The number of para-hydroxylation sites is 1. The van der Waals surface area contributed by atoms with E-state index in [1.807, 2.05) is 50.5 Å². The molecule has 0 saturated heterocycles. The lowest BCUT2D eigenvalue weighted by Gasteiger charge is -2.19. The molecule has 0 radical (unpaired) electrons. The van der Waals surface area contributed by atoms with Crippen LogP contribution >= 0.6 is 0 Å². The van der Waals surface area contributed by atoms with Crippen LogP contribution in [0.25, 0.3) is 0 Å². The van der Waals surface area contributed by atoms with Crippen molar-refractivity contribution < 1.29 is 9.53 Å². The Morgan fingerprint density at radius 3 is 2.31 bits per heavy atom. The Bertz CT molecular complexity index is 891. The first-order chi connectivity index (χ1) is 13.8. The Labute approximate surface area is 174 Å². The molecule has 0 aliphatic rings. The molecule has 0 fully saturated rings. The van der Waals surface area contributed by atoms with Gasteiger partial charge in [-0.3, -0.25) is 9.59 Å². The van der Waals surface area contributed by atoms with Crippen LogP contribution in [-0.4, -0.2) is 23.2 Å². The van der Waals surface area contributed by atoms with Gasteiger partial charge in [-0.15, -0.1) is 0 Å². The Morgan fingerprint density at radius 1 is 1.14 bits per heavy atom. The topological polar surface area (TPSA) is 60.3 Å². The van der Waals surface area contributed by atoms with E-state index < -0.39 is 0 Å². The fourth-order valence-corrected chi connectivity index (χ4v) is 3.66. The number of pyridine rings is 1. The van der Waals surface area contributed by atoms with Crippen molar-refractivity contribution in [1.82, 2.24) is 4.57 Å². The normalized spacial score (nSPS) is 11.1. The molecule has 0 aliphatic heterocycles. The van der Waals surface area contributed by atoms with Gasteiger partial charge in [-0.05, 0) is 58.1 Å². The van der Waals surface area contributed by atoms with E-state index in [4.69, 9.17) is 4.74 Å². The molecule has 5 heteroatoms. The number of amides is 1. The zero-order valence-electron chi connectivity index (χ0n) is 18.6. The monoisotopic (exact) mass is 398 g/mol. The van der Waals surface area contributed by atoms with E-state index in [9.17, 15) is 9.59 Å². The molecule has 0 unspecified atom stereocenters. The maximum atomic E-state index is 13.1. The number of benzene rings is 1. The number of aryl methyl sites for hydroxylation is 3. The number of anilines is 1. The van der Waals surface area contributed by atoms with Gasteiger partial charge in [0.05, 0.1) is 6.10 Å². The maximum Gasteiger partial charge on any atom is 0.261 e. The van der Waals surface area contributed by atoms with Crippen molar-refractivity contribution in [3.8, 4) is 0 Å². The molecule has 1 aromatic heterocycles. The maximum absolute atomic E-state index is 13.1. The molecule has 0 bridgehead atoms. The van der Waals surface area contributed by atoms with Gasteiger partial charge in [0.2, 0.25) is 0 Å². The van der Waals surface area contributed by atoms with Gasteiger partial charge < -0.3 is 14.6 Å². The Balaban J connectivity index is 2.34. The van der Waals surface area contributed by atoms with Crippen molar-refractivity contribution in [2.75, 3.05) is 11.9 Å². The van der Waals surface area contributed by atoms with E-state index in [0.29, 0.717) is 18.8 Å². The van der Waals surface area contributed by atoms with Crippen LogP contribution < -0.4 is 10.7 Å². The second-order valence-corrected chi connectivity index (χ2v) is 7.65. The number of nitrogens with one attached hydrogen (secondary N) is 1. The van der Waals surface area contributed by atoms with Crippen molar-refractivity contribution in [1.29, 1.82) is 0 Å². The van der Waals surface area contributed by atoms with E-state index in [-0.39, 0.29) is 23.0 Å². The molecule has 1 aromatic carbocycles. The lowest BCUT2D eigenvalue weighted by Crippen LogP contribution is -2.28. The highest BCUT2D eigenvalue weighted by atomic mass is 16.5. The molecule has 1 N–H and O–H groups in total. The first-order valence-electron chi connectivity index (χ1n) is 10.5. The van der Waals surface area contributed by atoms with Crippen molar-refractivity contribution in [3.63, 3.8) is 0 Å². The number of carbonyl (C=O) groups excluding carboxylic acids is 1. The number of ether oxygens (including phenoxy) is 1. The fourth-order valence-electron chi connectivity index (χ4n) is 3.66. The average molecular weight is 399 g/mol. The SMILES string of the molecule is CCc1cccc(CC)c1NC(=O)c1c(C)n(CCCOC(C)C)c(C)cc1=O. The van der Waals surface area contributed by atoms with Gasteiger partial charge in [0, 0.05) is 36.3 Å². The number of hydrogen-bond acceptors (Lipinski definition) is 3. The summed E-state index contributed by atoms with van der Waals surface area (Å²) in [7, 11) is 0. The summed E-state index contributed by atoms with van der Waals surface area (Å²) in [5.41, 5.74) is 4.52. The van der Waals surface area contributed by atoms with Crippen LogP contribution in [0.2, 0.25) is 0 Å². The number of aromatic nitrogens is 1. The quantitative estimate of drug-likeness (QED) is 0.625. The summed E-state index contributed by atoms with van der Waals surface area (Å²) in [6.07, 6.45) is 2.65. The van der Waals surface area contributed by atoms with Gasteiger partial charge >= 0.3 is 0 Å². The summed E-state index contributed by atoms with van der Waals surface area (Å²) in [6, 6.07) is 7.60. The number of rotatable bonds is 9. The van der Waals surface area contributed by atoms with Crippen LogP contribution in [0.1, 0.15) is 67.0 Å². The number of hydrogen-bond donors (Lipinski definition) is 1. The summed E-state index contributed by atoms with van der Waals surface area (Å²) < 4.78 is 7.65. The van der Waals surface area contributed by atoms with Gasteiger partial charge in [-0.1, -0.05) is 32.0 Å². The molecule has 0 spiro atoms. The Hall–Kier alpha value is -2.40. The molecule has 1 heterocycles. The summed E-state index contributed by atoms with van der Waals surface area (Å²) >= 11 is 0. The van der Waals surface area contributed by atoms with Crippen LogP contribution in [0.3, 0.4) is 0 Å². The molecule has 29 heavy (non-hydrogen) atoms. The highest BCUT2D eigenvalue weighted by Crippen LogP contribution is 2.23. The largest absolute Gasteiger partial charge is 0.379 e. The van der Waals surface area contributed by atoms with Crippen molar-refractivity contribution in [2.24, 2.45) is 0 Å². The molecule has 0 saturated carbocycles. The fraction of sp³-hybridized carbons (Fsp3) is 0.500. The highest BCUT2D eigenvalue weighted by Gasteiger charge is 2.19. The summed E-state index contributed by atoms with van der Waals surface area (Å²) in [5, 5.41) is 3.03. The predicted molar refractivity (Wildman–Crippen MR) is 119 cm³/mol. The van der Waals surface area contributed by atoms with Crippen molar-refractivity contribution in [3.05, 3.63) is 62.6 Å². The first kappa shape index (κ1) is 22.9. The van der Waals surface area contributed by atoms with E-state index in [0.717, 1.165) is 41.8 Å². The van der Waals surface area contributed by atoms with E-state index in [1.54, 1.807) is 6.07 Å². The lowest BCUT2D eigenvalue weighted by atomic mass is 10.0. The zero-order chi connectivity index (χ0) is 21.6. The molecule has 1 amide bonds. The number of carbonyl (C=O) groups is 1. The smallest absolute Gasteiger partial charge is 0.261 e. The summed E-state index contributed by atoms with van der Waals surface area (Å²) in [4.78, 5) is 25.8. The molecule has 0 aliphatic carbocycles. The standard InChI is InChI=1S/C24H34N2O3/c1-7-19-11-9-12-20(8-2)23(19)25-24(28)22-18(6)26(17(5)15-21(22)27)13-10-14-29-16(3)4/h9,11-12,15-16H,7-8,10,13-14H2,1-6H3,(H,25,28). The molecule has 2 rings (SSSR count). The van der Waals surface area contributed by atoms with Crippen LogP contribution in [0.4, 0.5) is 5.69 Å². The third kappa shape index (κ3) is 5.57. The molecular formula is C24H34N2O3. The van der Waals surface area contributed by atoms with Crippen molar-refractivity contribution in [2.45, 2.75) is 73.5 Å². The molecular weight excluding hydrogens is 364 g/mol. The van der Waals surface area contributed by atoms with Gasteiger partial charge in [-0.2, -0.15) is 0 Å². The Kier molecular flexibility index (Phi) is 8.21. The minimum atomic E-state index is -0.338. The van der Waals surface area contributed by atoms with E-state index >= 15 is 0 Å². The van der Waals surface area contributed by atoms with Gasteiger partial charge in [-0.25, -0.2) is 0 Å². The predicted octanol–water partition coefficient (Wildman–Crippen LogP) is 4.66. The third-order valence-corrected chi connectivity index (χ3v) is 5.22.